The van der Waals surface area contributed by atoms with Gasteiger partial charge < -0.3 is 10.4 Å². The van der Waals surface area contributed by atoms with E-state index in [1.165, 1.54) is 5.56 Å². The lowest BCUT2D eigenvalue weighted by Gasteiger charge is -2.18. The van der Waals surface area contributed by atoms with Gasteiger partial charge in [-0.3, -0.25) is 0 Å². The van der Waals surface area contributed by atoms with Gasteiger partial charge in [0.05, 0.1) is 12.6 Å². The van der Waals surface area contributed by atoms with Crippen molar-refractivity contribution in [2.45, 2.75) is 19.4 Å². The molecule has 0 amide bonds. The molecule has 0 aliphatic heterocycles. The molecule has 0 aliphatic rings. The standard InChI is InChI=1S/C15H17BrN2O/c1-11-7-13(16)9-17-15(11)18-14(10-19)8-12-5-3-2-4-6-12/h2-7,9,14,19H,8,10H2,1H3,(H,17,18). The van der Waals surface area contributed by atoms with Gasteiger partial charge in [-0.25, -0.2) is 4.98 Å². The van der Waals surface area contributed by atoms with E-state index in [1.54, 1.807) is 6.20 Å². The molecule has 0 saturated carbocycles. The third kappa shape index (κ3) is 4.04. The number of benzene rings is 1. The number of anilines is 1. The molecule has 0 bridgehead atoms. The number of hydrogen-bond donors (Lipinski definition) is 2. The highest BCUT2D eigenvalue weighted by atomic mass is 79.9. The van der Waals surface area contributed by atoms with E-state index >= 15 is 0 Å². The number of aliphatic hydroxyl groups is 1. The van der Waals surface area contributed by atoms with Crippen molar-refractivity contribution in [1.82, 2.24) is 4.98 Å². The minimum Gasteiger partial charge on any atom is -0.394 e. The molecule has 0 fully saturated rings. The molecule has 2 rings (SSSR count). The summed E-state index contributed by atoms with van der Waals surface area (Å²) < 4.78 is 0.958. The van der Waals surface area contributed by atoms with Gasteiger partial charge in [-0.2, -0.15) is 0 Å². The summed E-state index contributed by atoms with van der Waals surface area (Å²) in [5.41, 5.74) is 2.25. The SMILES string of the molecule is Cc1cc(Br)cnc1NC(CO)Cc1ccccc1. The topological polar surface area (TPSA) is 45.2 Å². The molecule has 3 nitrogen and oxygen atoms in total. The number of nitrogens with zero attached hydrogens (tertiary/aromatic N) is 1. The van der Waals surface area contributed by atoms with Gasteiger partial charge in [0.2, 0.25) is 0 Å². The highest BCUT2D eigenvalue weighted by Gasteiger charge is 2.10. The summed E-state index contributed by atoms with van der Waals surface area (Å²) in [4.78, 5) is 4.34. The lowest BCUT2D eigenvalue weighted by Crippen LogP contribution is -2.27. The zero-order chi connectivity index (χ0) is 13.7. The second-order valence-electron chi connectivity index (χ2n) is 4.53. The molecule has 0 radical (unpaired) electrons. The van der Waals surface area contributed by atoms with Gasteiger partial charge in [-0.15, -0.1) is 0 Å². The average molecular weight is 321 g/mol. The summed E-state index contributed by atoms with van der Waals surface area (Å²) in [6, 6.07) is 12.1. The number of nitrogens with one attached hydrogen (secondary N) is 1. The molecular weight excluding hydrogens is 304 g/mol. The van der Waals surface area contributed by atoms with E-state index in [0.29, 0.717) is 0 Å². The summed E-state index contributed by atoms with van der Waals surface area (Å²) in [6.45, 7) is 2.07. The van der Waals surface area contributed by atoms with Crippen molar-refractivity contribution in [2.75, 3.05) is 11.9 Å². The fraction of sp³-hybridized carbons (Fsp3) is 0.267. The zero-order valence-electron chi connectivity index (χ0n) is 10.8. The Hall–Kier alpha value is -1.39. The second-order valence-corrected chi connectivity index (χ2v) is 5.45. The number of halogens is 1. The van der Waals surface area contributed by atoms with Gasteiger partial charge in [0.1, 0.15) is 5.82 Å². The summed E-state index contributed by atoms with van der Waals surface area (Å²) in [7, 11) is 0. The van der Waals surface area contributed by atoms with Crippen LogP contribution < -0.4 is 5.32 Å². The van der Waals surface area contributed by atoms with Crippen molar-refractivity contribution >= 4 is 21.7 Å². The van der Waals surface area contributed by atoms with Crippen molar-refractivity contribution in [2.24, 2.45) is 0 Å². The molecule has 0 saturated heterocycles. The fourth-order valence-corrected chi connectivity index (χ4v) is 2.39. The molecule has 2 N–H and O–H groups in total. The monoisotopic (exact) mass is 320 g/mol. The smallest absolute Gasteiger partial charge is 0.129 e. The Bertz CT molecular complexity index is 531. The van der Waals surface area contributed by atoms with E-state index in [1.807, 2.05) is 31.2 Å². The highest BCUT2D eigenvalue weighted by Crippen LogP contribution is 2.18. The summed E-state index contributed by atoms with van der Waals surface area (Å²) >= 11 is 3.39. The normalized spacial score (nSPS) is 12.2. The fourth-order valence-electron chi connectivity index (χ4n) is 1.94. The van der Waals surface area contributed by atoms with Gasteiger partial charge in [0.15, 0.2) is 0 Å². The van der Waals surface area contributed by atoms with Gasteiger partial charge in [0, 0.05) is 10.7 Å². The molecule has 1 atom stereocenters. The minimum absolute atomic E-state index is 0.0326. The van der Waals surface area contributed by atoms with Crippen LogP contribution in [0.1, 0.15) is 11.1 Å². The molecule has 1 aromatic heterocycles. The lowest BCUT2D eigenvalue weighted by atomic mass is 10.1. The third-order valence-corrected chi connectivity index (χ3v) is 3.36. The lowest BCUT2D eigenvalue weighted by molar-refractivity contribution is 0.273. The number of rotatable bonds is 5. The third-order valence-electron chi connectivity index (χ3n) is 2.93. The number of aliphatic hydroxyl groups excluding tert-OH is 1. The maximum Gasteiger partial charge on any atom is 0.129 e. The largest absolute Gasteiger partial charge is 0.394 e. The van der Waals surface area contributed by atoms with Crippen LogP contribution in [0.2, 0.25) is 0 Å². The Balaban J connectivity index is 2.06. The van der Waals surface area contributed by atoms with E-state index < -0.39 is 0 Å². The van der Waals surface area contributed by atoms with Crippen molar-refractivity contribution in [3.63, 3.8) is 0 Å². The Morgan fingerprint density at radius 1 is 1.32 bits per heavy atom. The van der Waals surface area contributed by atoms with Crippen LogP contribution in [0.3, 0.4) is 0 Å². The van der Waals surface area contributed by atoms with Crippen LogP contribution in [0, 0.1) is 6.92 Å². The first-order valence-electron chi connectivity index (χ1n) is 6.22. The van der Waals surface area contributed by atoms with Gasteiger partial charge in [0.25, 0.3) is 0 Å². The first-order chi connectivity index (χ1) is 9.19. The Morgan fingerprint density at radius 2 is 2.05 bits per heavy atom. The molecule has 19 heavy (non-hydrogen) atoms. The average Bonchev–Trinajstić information content (AvgIpc) is 2.42. The first kappa shape index (κ1) is 14.0. The van der Waals surface area contributed by atoms with Crippen LogP contribution in [-0.2, 0) is 6.42 Å². The summed E-state index contributed by atoms with van der Waals surface area (Å²) in [5.74, 6) is 0.818. The van der Waals surface area contributed by atoms with E-state index in [9.17, 15) is 5.11 Å². The molecular formula is C15H17BrN2O. The first-order valence-corrected chi connectivity index (χ1v) is 7.02. The van der Waals surface area contributed by atoms with Gasteiger partial charge in [-0.05, 0) is 46.5 Å². The predicted octanol–water partition coefficient (Wildman–Crippen LogP) is 3.17. The quantitative estimate of drug-likeness (QED) is 0.889. The minimum atomic E-state index is -0.0326. The zero-order valence-corrected chi connectivity index (χ0v) is 12.4. The predicted molar refractivity (Wildman–Crippen MR) is 81.3 cm³/mol. The van der Waals surface area contributed by atoms with Crippen molar-refractivity contribution in [1.29, 1.82) is 0 Å². The summed E-state index contributed by atoms with van der Waals surface area (Å²) in [6.07, 6.45) is 2.53. The maximum atomic E-state index is 9.49. The Morgan fingerprint density at radius 3 is 2.68 bits per heavy atom. The van der Waals surface area contributed by atoms with E-state index in [-0.39, 0.29) is 12.6 Å². The van der Waals surface area contributed by atoms with Crippen molar-refractivity contribution in [3.8, 4) is 0 Å². The van der Waals surface area contributed by atoms with Crippen molar-refractivity contribution in [3.05, 3.63) is 58.2 Å². The highest BCUT2D eigenvalue weighted by molar-refractivity contribution is 9.10. The van der Waals surface area contributed by atoms with Crippen LogP contribution in [0.15, 0.2) is 47.1 Å². The summed E-state index contributed by atoms with van der Waals surface area (Å²) in [5, 5.41) is 12.8. The molecule has 4 heteroatoms. The van der Waals surface area contributed by atoms with E-state index in [0.717, 1.165) is 22.3 Å². The van der Waals surface area contributed by atoms with Gasteiger partial charge in [-0.1, -0.05) is 30.3 Å². The van der Waals surface area contributed by atoms with Crippen LogP contribution in [0.5, 0.6) is 0 Å². The van der Waals surface area contributed by atoms with E-state index in [4.69, 9.17) is 0 Å². The number of pyridine rings is 1. The van der Waals surface area contributed by atoms with Gasteiger partial charge >= 0.3 is 0 Å². The van der Waals surface area contributed by atoms with Crippen LogP contribution in [0.25, 0.3) is 0 Å². The molecule has 1 heterocycles. The van der Waals surface area contributed by atoms with Crippen LogP contribution in [0.4, 0.5) is 5.82 Å². The molecule has 100 valence electrons. The molecule has 0 aliphatic carbocycles. The Labute approximate surface area is 121 Å². The van der Waals surface area contributed by atoms with Crippen molar-refractivity contribution < 1.29 is 5.11 Å². The maximum absolute atomic E-state index is 9.49. The van der Waals surface area contributed by atoms with Crippen LogP contribution >= 0.6 is 15.9 Å². The van der Waals surface area contributed by atoms with E-state index in [2.05, 4.69) is 38.4 Å². The number of hydrogen-bond acceptors (Lipinski definition) is 3. The number of aromatic nitrogens is 1. The molecule has 1 aromatic carbocycles. The second kappa shape index (κ2) is 6.68. The molecule has 1 unspecified atom stereocenters. The molecule has 0 spiro atoms. The van der Waals surface area contributed by atoms with Crippen LogP contribution in [-0.4, -0.2) is 22.7 Å². The Kier molecular flexibility index (Phi) is 4.93. The molecule has 2 aromatic rings. The number of aryl methyl sites for hydroxylation is 1.